The van der Waals surface area contributed by atoms with Crippen molar-refractivity contribution in [3.8, 4) is 0 Å². The van der Waals surface area contributed by atoms with E-state index in [1.54, 1.807) is 0 Å². The van der Waals surface area contributed by atoms with Gasteiger partial charge in [0, 0.05) is 59.8 Å². The average molecular weight is 255 g/mol. The van der Waals surface area contributed by atoms with Crippen molar-refractivity contribution in [2.45, 2.75) is 0 Å². The van der Waals surface area contributed by atoms with E-state index < -0.39 is 0 Å². The van der Waals surface area contributed by atoms with E-state index >= 15 is 0 Å². The monoisotopic (exact) mass is 256 g/mol. The first-order chi connectivity index (χ1) is 1.00. The quantitative estimate of drug-likeness (QED) is 0.514. The molecule has 0 bridgehead atoms. The normalized spacial score (nSPS) is 1.20. The van der Waals surface area contributed by atoms with Crippen LogP contribution in [0.25, 0.3) is 0 Å². The minimum absolute atomic E-state index is 0. The third-order valence-electron chi connectivity index (χ3n) is 0. The van der Waals surface area contributed by atoms with Crippen molar-refractivity contribution in [2.24, 2.45) is 0 Å². The fraction of sp³-hybridized carbons (Fsp3) is 0. The van der Waals surface area contributed by atoms with Crippen LogP contribution >= 0.6 is 0 Å². The van der Waals surface area contributed by atoms with E-state index in [9.17, 15) is 0 Å². The molecule has 0 fully saturated rings. The van der Waals surface area contributed by atoms with Crippen LogP contribution in [-0.2, 0) is 36.4 Å². The van der Waals surface area contributed by atoms with E-state index in [0.29, 0.717) is 0 Å². The second-order valence-corrected chi connectivity index (χ2v) is 0. The zero-order chi connectivity index (χ0) is 2.00. The molecule has 28 valence electrons. The molecule has 0 aromatic heterocycles. The molecule has 0 saturated heterocycles. The fourth-order valence-corrected chi connectivity index (χ4v) is 0. The van der Waals surface area contributed by atoms with Crippen molar-refractivity contribution < 1.29 is 36.4 Å². The summed E-state index contributed by atoms with van der Waals surface area (Å²) in [6, 6.07) is 0. The maximum absolute atomic E-state index is 7.88. The molecule has 0 aromatic rings. The predicted molar refractivity (Wildman–Crippen MR) is 12.2 cm³/mol. The van der Waals surface area contributed by atoms with Gasteiger partial charge in [-0.15, -0.1) is 0 Å². The van der Waals surface area contributed by atoms with Crippen molar-refractivity contribution in [1.29, 1.82) is 0 Å². The van der Waals surface area contributed by atoms with Crippen molar-refractivity contribution >= 4 is 42.8 Å². The second-order valence-electron chi connectivity index (χ2n) is 0. The summed E-state index contributed by atoms with van der Waals surface area (Å²) in [5.41, 5.74) is 0. The van der Waals surface area contributed by atoms with Crippen LogP contribution in [0.3, 0.4) is 0 Å². The summed E-state index contributed by atoms with van der Waals surface area (Å²) < 4.78 is 7.88. The Labute approximate surface area is 78.2 Å². The van der Waals surface area contributed by atoms with Crippen LogP contribution in [0, 0.1) is 0 Å². The Morgan fingerprint density at radius 1 is 1.20 bits per heavy atom. The standard InChI is InChI=1S/Li.Mn.Ni.O.Sn. The van der Waals surface area contributed by atoms with Gasteiger partial charge >= 0.3 is 19.3 Å². The summed E-state index contributed by atoms with van der Waals surface area (Å²) in [7, 11) is 0. The molecule has 0 unspecified atom stereocenters. The van der Waals surface area contributed by atoms with Gasteiger partial charge in [0.25, 0.3) is 0 Å². The Balaban J connectivity index is -0.00000000167. The van der Waals surface area contributed by atoms with Gasteiger partial charge in [-0.25, -0.2) is 0 Å². The van der Waals surface area contributed by atoms with Gasteiger partial charge in [0.15, 0.2) is 0 Å². The van der Waals surface area contributed by atoms with Gasteiger partial charge in [0.2, 0.25) is 0 Å². The Morgan fingerprint density at radius 2 is 1.20 bits per heavy atom. The molecule has 0 rings (SSSR count). The number of rotatable bonds is 0. The summed E-state index contributed by atoms with van der Waals surface area (Å²) >= 11 is 2.62. The molecule has 0 aliphatic carbocycles. The molecule has 6 radical (unpaired) electrons. The zero-order valence-electron chi connectivity index (χ0n) is 2.60. The molecule has 0 aromatic carbocycles. The van der Waals surface area contributed by atoms with Crippen LogP contribution < -0.4 is 0 Å². The third kappa shape index (κ3) is 22.5. The first-order valence-corrected chi connectivity index (χ1v) is 0.532. The molecule has 0 amide bonds. The molecule has 0 atom stereocenters. The van der Waals surface area contributed by atoms with Gasteiger partial charge < -0.3 is 0 Å². The van der Waals surface area contributed by atoms with Gasteiger partial charge in [0.1, 0.15) is 0 Å². The number of hydrogen-bond donors (Lipinski definition) is 0. The van der Waals surface area contributed by atoms with Crippen molar-refractivity contribution in [3.63, 3.8) is 0 Å². The Kier molecular flexibility index (Phi) is 186. The third-order valence-corrected chi connectivity index (χ3v) is 0. The SMILES string of the molecule is [Li].[Mn].[O]=[Ni].[Sn]. The van der Waals surface area contributed by atoms with Crippen LogP contribution in [0.15, 0.2) is 0 Å². The van der Waals surface area contributed by atoms with Crippen LogP contribution in [0.1, 0.15) is 0 Å². The predicted octanol–water partition coefficient (Wildman–Crippen LogP) is -0.885. The molecule has 0 aliphatic rings. The maximum Gasteiger partial charge on any atom is 0 e. The van der Waals surface area contributed by atoms with Crippen molar-refractivity contribution in [2.75, 3.05) is 0 Å². The van der Waals surface area contributed by atoms with Crippen molar-refractivity contribution in [3.05, 3.63) is 0 Å². The van der Waals surface area contributed by atoms with E-state index in [4.69, 9.17) is 3.90 Å². The largest absolute Gasteiger partial charge is 0 e. The van der Waals surface area contributed by atoms with Gasteiger partial charge in [0.05, 0.1) is 0 Å². The molecular formula is LiMnNiOSn. The van der Waals surface area contributed by atoms with Gasteiger partial charge in [-0.1, -0.05) is 0 Å². The van der Waals surface area contributed by atoms with Gasteiger partial charge in [-0.3, -0.25) is 0 Å². The second kappa shape index (κ2) is 34.5. The fourth-order valence-electron chi connectivity index (χ4n) is 0. The van der Waals surface area contributed by atoms with E-state index in [0.717, 1.165) is 0 Å². The van der Waals surface area contributed by atoms with Crippen LogP contribution in [0.4, 0.5) is 0 Å². The first kappa shape index (κ1) is 27.0. The van der Waals surface area contributed by atoms with Gasteiger partial charge in [-0.05, 0) is 0 Å². The Bertz CT molecular complexity index is 11.6. The van der Waals surface area contributed by atoms with E-state index in [-0.39, 0.29) is 59.8 Å². The molecule has 0 saturated carbocycles. The molecule has 5 heteroatoms. The minimum atomic E-state index is 0. The summed E-state index contributed by atoms with van der Waals surface area (Å²) in [4.78, 5) is 0. The summed E-state index contributed by atoms with van der Waals surface area (Å²) in [6.07, 6.45) is 0. The average Bonchev–Trinajstić information content (AvgIpc) is 1.00. The van der Waals surface area contributed by atoms with E-state index in [2.05, 4.69) is 15.4 Å². The smallest absolute Gasteiger partial charge is 0 e. The zero-order valence-corrected chi connectivity index (χ0v) is 7.62. The Hall–Kier alpha value is 2.21. The van der Waals surface area contributed by atoms with Crippen LogP contribution in [-0.4, -0.2) is 42.8 Å². The number of hydrogen-bond acceptors (Lipinski definition) is 1. The maximum atomic E-state index is 7.88. The Morgan fingerprint density at radius 3 is 1.20 bits per heavy atom. The molecule has 0 spiro atoms. The molecule has 5 heavy (non-hydrogen) atoms. The van der Waals surface area contributed by atoms with E-state index in [1.165, 1.54) is 0 Å². The van der Waals surface area contributed by atoms with Crippen LogP contribution in [0.2, 0.25) is 0 Å². The molecule has 0 heterocycles. The molecule has 1 nitrogen and oxygen atoms in total. The minimum Gasteiger partial charge on any atom is 0 e. The topological polar surface area (TPSA) is 17.1 Å². The summed E-state index contributed by atoms with van der Waals surface area (Å²) in [5.74, 6) is 0. The van der Waals surface area contributed by atoms with Crippen molar-refractivity contribution in [1.82, 2.24) is 0 Å². The summed E-state index contributed by atoms with van der Waals surface area (Å²) in [5, 5.41) is 0. The van der Waals surface area contributed by atoms with Gasteiger partial charge in [-0.2, -0.15) is 0 Å². The van der Waals surface area contributed by atoms with E-state index in [1.807, 2.05) is 0 Å². The summed E-state index contributed by atoms with van der Waals surface area (Å²) in [6.45, 7) is 0. The first-order valence-electron chi connectivity index (χ1n) is 0.129. The van der Waals surface area contributed by atoms with Crippen LogP contribution in [0.5, 0.6) is 0 Å². The molecule has 0 N–H and O–H groups in total. The molecular weight excluding hydrogens is 255 g/mol. The molecule has 0 aliphatic heterocycles.